The number of aromatic nitrogens is 1. The zero-order valence-corrected chi connectivity index (χ0v) is 13.0. The second-order valence-electron chi connectivity index (χ2n) is 3.88. The average Bonchev–Trinajstić information content (AvgIpc) is 2.33. The second-order valence-corrected chi connectivity index (χ2v) is 5.49. The van der Waals surface area contributed by atoms with Gasteiger partial charge in [0, 0.05) is 4.47 Å². The van der Waals surface area contributed by atoms with E-state index in [-0.39, 0.29) is 5.56 Å². The van der Waals surface area contributed by atoms with E-state index < -0.39 is 11.7 Å². The Kier molecular flexibility index (Phi) is 4.31. The van der Waals surface area contributed by atoms with Gasteiger partial charge in [-0.3, -0.25) is 4.79 Å². The maximum Gasteiger partial charge on any atom is 0.259 e. The fraction of sp³-hybridized carbons (Fsp3) is 0.0769. The summed E-state index contributed by atoms with van der Waals surface area (Å²) in [5, 5.41) is 2.62. The molecule has 0 bridgehead atoms. The molecule has 2 rings (SSSR count). The molecule has 3 nitrogen and oxygen atoms in total. The second kappa shape index (κ2) is 5.79. The molecule has 98 valence electrons. The quantitative estimate of drug-likeness (QED) is 0.780. The van der Waals surface area contributed by atoms with Gasteiger partial charge >= 0.3 is 0 Å². The number of amides is 1. The van der Waals surface area contributed by atoms with Crippen LogP contribution >= 0.6 is 31.9 Å². The van der Waals surface area contributed by atoms with E-state index in [9.17, 15) is 9.18 Å². The molecule has 0 saturated carbocycles. The van der Waals surface area contributed by atoms with Crippen LogP contribution in [-0.4, -0.2) is 10.9 Å². The Balaban J connectivity index is 2.28. The number of nitrogens with zero attached hydrogens (tertiary/aromatic N) is 1. The molecule has 2 aromatic rings. The zero-order valence-electron chi connectivity index (χ0n) is 9.88. The van der Waals surface area contributed by atoms with Crippen molar-refractivity contribution in [3.8, 4) is 0 Å². The Hall–Kier alpha value is -1.27. The smallest absolute Gasteiger partial charge is 0.259 e. The van der Waals surface area contributed by atoms with Crippen molar-refractivity contribution in [2.24, 2.45) is 0 Å². The highest BCUT2D eigenvalue weighted by molar-refractivity contribution is 9.10. The molecule has 0 aliphatic rings. The van der Waals surface area contributed by atoms with Crippen LogP contribution in [0.3, 0.4) is 0 Å². The van der Waals surface area contributed by atoms with E-state index in [0.29, 0.717) is 14.8 Å². The summed E-state index contributed by atoms with van der Waals surface area (Å²) in [6, 6.07) is 6.14. The Morgan fingerprint density at radius 1 is 1.37 bits per heavy atom. The molecule has 0 fully saturated rings. The Morgan fingerprint density at radius 2 is 2.11 bits per heavy atom. The number of rotatable bonds is 2. The standard InChI is InChI=1S/C13H9Br2FN2O/c1-7-5-8(6-17-12(7)15)18-13(19)11-9(14)3-2-4-10(11)16/h2-6H,1H3,(H,18,19). The monoisotopic (exact) mass is 386 g/mol. The first kappa shape index (κ1) is 14.1. The van der Waals surface area contributed by atoms with Gasteiger partial charge < -0.3 is 5.32 Å². The molecule has 0 saturated heterocycles. The van der Waals surface area contributed by atoms with Gasteiger partial charge in [-0.25, -0.2) is 9.37 Å². The van der Waals surface area contributed by atoms with Gasteiger partial charge in [0.2, 0.25) is 0 Å². The molecule has 0 spiro atoms. The zero-order chi connectivity index (χ0) is 14.0. The molecule has 1 aromatic heterocycles. The lowest BCUT2D eigenvalue weighted by Gasteiger charge is -2.08. The van der Waals surface area contributed by atoms with Gasteiger partial charge in [0.1, 0.15) is 10.4 Å². The van der Waals surface area contributed by atoms with Crippen molar-refractivity contribution in [3.05, 3.63) is 56.5 Å². The molecule has 0 aliphatic heterocycles. The maximum absolute atomic E-state index is 13.6. The highest BCUT2D eigenvalue weighted by Crippen LogP contribution is 2.22. The van der Waals surface area contributed by atoms with Crippen molar-refractivity contribution >= 4 is 43.5 Å². The first-order valence-electron chi connectivity index (χ1n) is 5.36. The molecule has 0 atom stereocenters. The summed E-state index contributed by atoms with van der Waals surface area (Å²) in [6.07, 6.45) is 1.50. The van der Waals surface area contributed by atoms with Crippen LogP contribution in [0.25, 0.3) is 0 Å². The first-order chi connectivity index (χ1) is 8.99. The summed E-state index contributed by atoms with van der Waals surface area (Å²) >= 11 is 6.44. The summed E-state index contributed by atoms with van der Waals surface area (Å²) in [5.41, 5.74) is 1.37. The van der Waals surface area contributed by atoms with Gasteiger partial charge in [0.05, 0.1) is 17.4 Å². The van der Waals surface area contributed by atoms with Crippen LogP contribution in [0.2, 0.25) is 0 Å². The first-order valence-corrected chi connectivity index (χ1v) is 6.95. The fourth-order valence-corrected chi connectivity index (χ4v) is 2.27. The molecule has 1 amide bonds. The van der Waals surface area contributed by atoms with Crippen LogP contribution in [0.15, 0.2) is 39.5 Å². The topological polar surface area (TPSA) is 42.0 Å². The third-order valence-electron chi connectivity index (χ3n) is 2.46. The van der Waals surface area contributed by atoms with Crippen LogP contribution < -0.4 is 5.32 Å². The number of nitrogens with one attached hydrogen (secondary N) is 1. The number of pyridine rings is 1. The van der Waals surface area contributed by atoms with Crippen molar-refractivity contribution < 1.29 is 9.18 Å². The number of benzene rings is 1. The number of carbonyl (C=O) groups excluding carboxylic acids is 1. The predicted octanol–water partition coefficient (Wildman–Crippen LogP) is 4.31. The van der Waals surface area contributed by atoms with E-state index >= 15 is 0 Å². The largest absolute Gasteiger partial charge is 0.320 e. The number of hydrogen-bond acceptors (Lipinski definition) is 2. The summed E-state index contributed by atoms with van der Waals surface area (Å²) in [4.78, 5) is 16.1. The van der Waals surface area contributed by atoms with E-state index in [4.69, 9.17) is 0 Å². The van der Waals surface area contributed by atoms with Crippen LogP contribution in [0.1, 0.15) is 15.9 Å². The molecule has 6 heteroatoms. The highest BCUT2D eigenvalue weighted by atomic mass is 79.9. The lowest BCUT2D eigenvalue weighted by Crippen LogP contribution is -2.14. The SMILES string of the molecule is Cc1cc(NC(=O)c2c(F)cccc2Br)cnc1Br. The normalized spacial score (nSPS) is 10.3. The average molecular weight is 388 g/mol. The molecule has 1 heterocycles. The van der Waals surface area contributed by atoms with Gasteiger partial charge in [-0.05, 0) is 62.5 Å². The summed E-state index contributed by atoms with van der Waals surface area (Å²) in [6.45, 7) is 1.85. The van der Waals surface area contributed by atoms with Gasteiger partial charge in [-0.15, -0.1) is 0 Å². The lowest BCUT2D eigenvalue weighted by molar-refractivity contribution is 0.102. The molecule has 0 unspecified atom stereocenters. The minimum atomic E-state index is -0.575. The number of halogens is 3. The Morgan fingerprint density at radius 3 is 2.74 bits per heavy atom. The lowest BCUT2D eigenvalue weighted by atomic mass is 10.2. The summed E-state index contributed by atoms with van der Waals surface area (Å²) < 4.78 is 14.7. The maximum atomic E-state index is 13.6. The third-order valence-corrected chi connectivity index (χ3v) is 3.95. The van der Waals surface area contributed by atoms with Crippen molar-refractivity contribution in [3.63, 3.8) is 0 Å². The van der Waals surface area contributed by atoms with Gasteiger partial charge in [0.15, 0.2) is 0 Å². The molecular weight excluding hydrogens is 379 g/mol. The van der Waals surface area contributed by atoms with Crippen LogP contribution in [0, 0.1) is 12.7 Å². The van der Waals surface area contributed by atoms with Crippen LogP contribution in [0.5, 0.6) is 0 Å². The Bertz CT molecular complexity index is 626. The molecule has 19 heavy (non-hydrogen) atoms. The number of anilines is 1. The van der Waals surface area contributed by atoms with Crippen molar-refractivity contribution in [1.82, 2.24) is 4.98 Å². The summed E-state index contributed by atoms with van der Waals surface area (Å²) in [5.74, 6) is -1.10. The molecule has 1 N–H and O–H groups in total. The van der Waals surface area contributed by atoms with E-state index in [0.717, 1.165) is 5.56 Å². The Labute approximate surface area is 126 Å². The molecule has 1 aromatic carbocycles. The van der Waals surface area contributed by atoms with Crippen molar-refractivity contribution in [2.75, 3.05) is 5.32 Å². The number of aryl methyl sites for hydroxylation is 1. The predicted molar refractivity (Wildman–Crippen MR) is 78.7 cm³/mol. The third kappa shape index (κ3) is 3.19. The minimum absolute atomic E-state index is 0.0249. The van der Waals surface area contributed by atoms with E-state index in [1.165, 1.54) is 18.3 Å². The number of hydrogen-bond donors (Lipinski definition) is 1. The fourth-order valence-electron chi connectivity index (χ4n) is 1.53. The molecular formula is C13H9Br2FN2O. The van der Waals surface area contributed by atoms with Crippen LogP contribution in [0.4, 0.5) is 10.1 Å². The van der Waals surface area contributed by atoms with Crippen molar-refractivity contribution in [1.29, 1.82) is 0 Å². The van der Waals surface area contributed by atoms with Crippen LogP contribution in [-0.2, 0) is 0 Å². The minimum Gasteiger partial charge on any atom is -0.320 e. The summed E-state index contributed by atoms with van der Waals surface area (Å²) in [7, 11) is 0. The molecule has 0 aliphatic carbocycles. The van der Waals surface area contributed by atoms with E-state index in [2.05, 4.69) is 42.2 Å². The van der Waals surface area contributed by atoms with E-state index in [1.54, 1.807) is 12.1 Å². The van der Waals surface area contributed by atoms with Crippen molar-refractivity contribution in [2.45, 2.75) is 6.92 Å². The van der Waals surface area contributed by atoms with Gasteiger partial charge in [0.25, 0.3) is 5.91 Å². The van der Waals surface area contributed by atoms with Gasteiger partial charge in [-0.1, -0.05) is 6.07 Å². The highest BCUT2D eigenvalue weighted by Gasteiger charge is 2.15. The van der Waals surface area contributed by atoms with E-state index in [1.807, 2.05) is 6.92 Å². The van der Waals surface area contributed by atoms with Gasteiger partial charge in [-0.2, -0.15) is 0 Å². The number of carbonyl (C=O) groups is 1. The molecule has 0 radical (unpaired) electrons.